The van der Waals surface area contributed by atoms with Crippen molar-refractivity contribution in [3.63, 3.8) is 0 Å². The van der Waals surface area contributed by atoms with Gasteiger partial charge in [0.15, 0.2) is 0 Å². The van der Waals surface area contributed by atoms with Crippen LogP contribution in [0.15, 0.2) is 0 Å². The van der Waals surface area contributed by atoms with Crippen LogP contribution in [-0.2, 0) is 9.59 Å². The van der Waals surface area contributed by atoms with Crippen molar-refractivity contribution in [2.24, 2.45) is 17.1 Å². The van der Waals surface area contributed by atoms with Gasteiger partial charge >= 0.3 is 5.97 Å². The van der Waals surface area contributed by atoms with E-state index in [1.54, 1.807) is 6.92 Å². The zero-order valence-electron chi connectivity index (χ0n) is 9.66. The molecule has 92 valence electrons. The average Bonchev–Trinajstić information content (AvgIpc) is 2.74. The summed E-state index contributed by atoms with van der Waals surface area (Å²) in [6.45, 7) is 2.24. The number of nitrogens with two attached hydrogens (primary N) is 1. The summed E-state index contributed by atoms with van der Waals surface area (Å²) in [7, 11) is 0. The molecule has 4 N–H and O–H groups in total. The Morgan fingerprint density at radius 3 is 2.44 bits per heavy atom. The van der Waals surface area contributed by atoms with E-state index in [2.05, 4.69) is 5.32 Å². The van der Waals surface area contributed by atoms with E-state index in [0.717, 1.165) is 12.8 Å². The highest BCUT2D eigenvalue weighted by Gasteiger charge is 2.41. The van der Waals surface area contributed by atoms with Crippen molar-refractivity contribution in [2.45, 2.75) is 32.6 Å². The minimum absolute atomic E-state index is 0.157. The lowest BCUT2D eigenvalue weighted by Gasteiger charge is -2.24. The van der Waals surface area contributed by atoms with Gasteiger partial charge in [-0.25, -0.2) is 0 Å². The molecular weight excluding hydrogens is 208 g/mol. The van der Waals surface area contributed by atoms with Gasteiger partial charge in [0.1, 0.15) is 0 Å². The van der Waals surface area contributed by atoms with E-state index in [-0.39, 0.29) is 24.9 Å². The normalized spacial score (nSPS) is 20.4. The molecule has 0 radical (unpaired) electrons. The van der Waals surface area contributed by atoms with Crippen molar-refractivity contribution in [1.82, 2.24) is 5.32 Å². The highest BCUT2D eigenvalue weighted by atomic mass is 16.4. The number of carbonyl (C=O) groups excluding carboxylic acids is 1. The minimum Gasteiger partial charge on any atom is -0.481 e. The molecule has 0 bridgehead atoms. The predicted octanol–water partition coefficient (Wildman–Crippen LogP) is 0.342. The molecule has 16 heavy (non-hydrogen) atoms. The third kappa shape index (κ3) is 2.72. The van der Waals surface area contributed by atoms with Gasteiger partial charge in [-0.05, 0) is 12.8 Å². The summed E-state index contributed by atoms with van der Waals surface area (Å²) in [6, 6.07) is 0. The highest BCUT2D eigenvalue weighted by Crippen LogP contribution is 2.37. The lowest BCUT2D eigenvalue weighted by Crippen LogP contribution is -2.43. The molecule has 1 saturated carbocycles. The number of nitrogens with one attached hydrogen (secondary N) is 1. The molecule has 1 fully saturated rings. The first-order valence-corrected chi connectivity index (χ1v) is 5.73. The molecule has 0 spiro atoms. The smallest absolute Gasteiger partial charge is 0.311 e. The molecule has 0 aromatic heterocycles. The fourth-order valence-electron chi connectivity index (χ4n) is 2.06. The van der Waals surface area contributed by atoms with Crippen molar-refractivity contribution in [1.29, 1.82) is 0 Å². The van der Waals surface area contributed by atoms with Crippen LogP contribution in [0.3, 0.4) is 0 Å². The number of carboxylic acids is 1. The summed E-state index contributed by atoms with van der Waals surface area (Å²) >= 11 is 0. The summed E-state index contributed by atoms with van der Waals surface area (Å²) in [5.41, 5.74) is 4.63. The Kier molecular flexibility index (Phi) is 4.29. The Labute approximate surface area is 95.4 Å². The van der Waals surface area contributed by atoms with Gasteiger partial charge in [-0.15, -0.1) is 0 Å². The lowest BCUT2D eigenvalue weighted by atomic mass is 9.86. The fourth-order valence-corrected chi connectivity index (χ4v) is 2.06. The first-order chi connectivity index (χ1) is 7.52. The van der Waals surface area contributed by atoms with Crippen LogP contribution < -0.4 is 11.1 Å². The second kappa shape index (κ2) is 5.30. The first-order valence-electron chi connectivity index (χ1n) is 5.73. The van der Waals surface area contributed by atoms with Gasteiger partial charge in [0.2, 0.25) is 5.91 Å². The molecule has 0 saturated heterocycles. The molecule has 1 atom stereocenters. The van der Waals surface area contributed by atoms with Gasteiger partial charge in [0.05, 0.1) is 5.41 Å². The maximum absolute atomic E-state index is 11.5. The second-order valence-corrected chi connectivity index (χ2v) is 4.65. The molecule has 1 unspecified atom stereocenters. The maximum atomic E-state index is 11.5. The predicted molar refractivity (Wildman–Crippen MR) is 59.8 cm³/mol. The number of carbonyl (C=O) groups is 2. The van der Waals surface area contributed by atoms with E-state index in [1.807, 2.05) is 0 Å². The summed E-state index contributed by atoms with van der Waals surface area (Å²) < 4.78 is 0. The van der Waals surface area contributed by atoms with Crippen LogP contribution in [0.25, 0.3) is 0 Å². The van der Waals surface area contributed by atoms with Gasteiger partial charge in [-0.3, -0.25) is 9.59 Å². The summed E-state index contributed by atoms with van der Waals surface area (Å²) in [5.74, 6) is -1.21. The number of hydrogen-bond donors (Lipinski definition) is 3. The molecular formula is C11H20N2O3. The van der Waals surface area contributed by atoms with Gasteiger partial charge in [0.25, 0.3) is 0 Å². The lowest BCUT2D eigenvalue weighted by molar-refractivity contribution is -0.148. The van der Waals surface area contributed by atoms with Crippen molar-refractivity contribution in [3.8, 4) is 0 Å². The molecule has 0 aromatic rings. The van der Waals surface area contributed by atoms with Crippen LogP contribution in [-0.4, -0.2) is 30.1 Å². The number of aliphatic carboxylic acids is 1. The van der Waals surface area contributed by atoms with E-state index in [4.69, 9.17) is 5.73 Å². The Morgan fingerprint density at radius 1 is 1.44 bits per heavy atom. The van der Waals surface area contributed by atoms with E-state index in [1.165, 1.54) is 0 Å². The molecule has 0 aromatic carbocycles. The Morgan fingerprint density at radius 2 is 2.00 bits per heavy atom. The number of rotatable bonds is 5. The van der Waals surface area contributed by atoms with Crippen LogP contribution in [0.5, 0.6) is 0 Å². The zero-order valence-corrected chi connectivity index (χ0v) is 9.66. The van der Waals surface area contributed by atoms with Crippen LogP contribution >= 0.6 is 0 Å². The van der Waals surface area contributed by atoms with Crippen molar-refractivity contribution in [3.05, 3.63) is 0 Å². The van der Waals surface area contributed by atoms with Gasteiger partial charge < -0.3 is 16.2 Å². The van der Waals surface area contributed by atoms with Crippen molar-refractivity contribution < 1.29 is 14.7 Å². The first kappa shape index (κ1) is 13.0. The third-order valence-electron chi connectivity index (χ3n) is 3.42. The number of carboxylic acid groups (broad SMARTS) is 1. The van der Waals surface area contributed by atoms with Crippen LogP contribution in [0.2, 0.25) is 0 Å². The summed E-state index contributed by atoms with van der Waals surface area (Å²) in [4.78, 5) is 22.7. The van der Waals surface area contributed by atoms with E-state index < -0.39 is 11.4 Å². The van der Waals surface area contributed by atoms with Gasteiger partial charge in [0, 0.05) is 19.0 Å². The Bertz CT molecular complexity index is 272. The Balaban J connectivity index is 2.51. The Hall–Kier alpha value is -1.10. The average molecular weight is 228 g/mol. The van der Waals surface area contributed by atoms with E-state index in [0.29, 0.717) is 12.8 Å². The molecule has 1 rings (SSSR count). The zero-order chi connectivity index (χ0) is 12.2. The highest BCUT2D eigenvalue weighted by molar-refractivity contribution is 5.80. The van der Waals surface area contributed by atoms with Crippen molar-refractivity contribution in [2.75, 3.05) is 13.1 Å². The SMILES string of the molecule is CC(CN)C(=O)NCC1(C(=O)O)CCCC1. The van der Waals surface area contributed by atoms with E-state index in [9.17, 15) is 14.7 Å². The fraction of sp³-hybridized carbons (Fsp3) is 0.818. The maximum Gasteiger partial charge on any atom is 0.311 e. The monoisotopic (exact) mass is 228 g/mol. The van der Waals surface area contributed by atoms with Gasteiger partial charge in [-0.1, -0.05) is 19.8 Å². The van der Waals surface area contributed by atoms with Crippen LogP contribution in [0.1, 0.15) is 32.6 Å². The molecule has 1 amide bonds. The third-order valence-corrected chi connectivity index (χ3v) is 3.42. The van der Waals surface area contributed by atoms with E-state index >= 15 is 0 Å². The van der Waals surface area contributed by atoms with Crippen LogP contribution in [0, 0.1) is 11.3 Å². The summed E-state index contributed by atoms with van der Waals surface area (Å²) in [6.07, 6.45) is 3.16. The number of hydrogen-bond acceptors (Lipinski definition) is 3. The molecule has 1 aliphatic rings. The molecule has 0 aliphatic heterocycles. The largest absolute Gasteiger partial charge is 0.481 e. The van der Waals surface area contributed by atoms with Crippen molar-refractivity contribution >= 4 is 11.9 Å². The minimum atomic E-state index is -0.800. The van der Waals surface area contributed by atoms with Crippen LogP contribution in [0.4, 0.5) is 0 Å². The molecule has 1 aliphatic carbocycles. The summed E-state index contributed by atoms with van der Waals surface area (Å²) in [5, 5.41) is 11.9. The molecule has 0 heterocycles. The number of amides is 1. The molecule has 5 nitrogen and oxygen atoms in total. The van der Waals surface area contributed by atoms with Gasteiger partial charge in [-0.2, -0.15) is 0 Å². The second-order valence-electron chi connectivity index (χ2n) is 4.65. The topological polar surface area (TPSA) is 92.4 Å². The molecule has 5 heteroatoms. The quantitative estimate of drug-likeness (QED) is 0.632. The standard InChI is InChI=1S/C11H20N2O3/c1-8(6-12)9(14)13-7-11(10(15)16)4-2-3-5-11/h8H,2-7,12H2,1H3,(H,13,14)(H,15,16).